The van der Waals surface area contributed by atoms with E-state index < -0.39 is 34.1 Å². The van der Waals surface area contributed by atoms with Crippen LogP contribution in [0.4, 0.5) is 13.2 Å². The maximum Gasteiger partial charge on any atom is 0.426 e. The average Bonchev–Trinajstić information content (AvgIpc) is 2.43. The SMILES string of the molecule is BCc1ccc(CB)c(C(=O)OC(CS(=O)(=O)O)C(F)(F)F)c1. The Hall–Kier alpha value is -1.48. The predicted octanol–water partition coefficient (Wildman–Crippen LogP) is -0.0717. The number of hydrogen-bond acceptors (Lipinski definition) is 4. The molecule has 1 aromatic rings. The molecular formula is C12H15B2F3O5S. The molecule has 23 heavy (non-hydrogen) atoms. The van der Waals surface area contributed by atoms with Crippen LogP contribution in [0.25, 0.3) is 0 Å². The van der Waals surface area contributed by atoms with Crippen LogP contribution in [0.5, 0.6) is 0 Å². The van der Waals surface area contributed by atoms with Crippen LogP contribution in [0.3, 0.4) is 0 Å². The average molecular weight is 350 g/mol. The van der Waals surface area contributed by atoms with Crippen molar-refractivity contribution in [2.24, 2.45) is 0 Å². The molecule has 0 fully saturated rings. The topological polar surface area (TPSA) is 80.7 Å². The molecule has 1 aromatic carbocycles. The third-order valence-corrected chi connectivity index (χ3v) is 3.88. The molecule has 0 heterocycles. The van der Waals surface area contributed by atoms with Crippen LogP contribution >= 0.6 is 0 Å². The van der Waals surface area contributed by atoms with E-state index in [1.165, 1.54) is 6.07 Å². The normalized spacial score (nSPS) is 13.6. The molecule has 5 nitrogen and oxygen atoms in total. The third-order valence-electron chi connectivity index (χ3n) is 3.16. The second kappa shape index (κ2) is 7.39. The second-order valence-electron chi connectivity index (χ2n) is 4.88. The Morgan fingerprint density at radius 2 is 1.87 bits per heavy atom. The van der Waals surface area contributed by atoms with Crippen LogP contribution in [0.2, 0.25) is 0 Å². The summed E-state index contributed by atoms with van der Waals surface area (Å²) < 4.78 is 72.7. The molecule has 0 spiro atoms. The molecule has 0 bridgehead atoms. The van der Waals surface area contributed by atoms with Gasteiger partial charge in [-0.3, -0.25) is 4.55 Å². The lowest BCUT2D eigenvalue weighted by Gasteiger charge is -2.20. The quantitative estimate of drug-likeness (QED) is 0.441. The highest BCUT2D eigenvalue weighted by molar-refractivity contribution is 7.85. The van der Waals surface area contributed by atoms with Gasteiger partial charge in [-0.2, -0.15) is 21.6 Å². The van der Waals surface area contributed by atoms with Gasteiger partial charge in [-0.25, -0.2) is 4.79 Å². The number of hydrogen-bond donors (Lipinski definition) is 1. The van der Waals surface area contributed by atoms with E-state index in [0.717, 1.165) is 5.56 Å². The maximum atomic E-state index is 12.8. The van der Waals surface area contributed by atoms with Crippen LogP contribution in [0, 0.1) is 0 Å². The summed E-state index contributed by atoms with van der Waals surface area (Å²) >= 11 is 0. The summed E-state index contributed by atoms with van der Waals surface area (Å²) in [7, 11) is -1.43. The number of ether oxygens (including phenoxy) is 1. The highest BCUT2D eigenvalue weighted by Crippen LogP contribution is 2.26. The van der Waals surface area contributed by atoms with E-state index in [-0.39, 0.29) is 5.56 Å². The fourth-order valence-corrected chi connectivity index (χ4v) is 2.56. The van der Waals surface area contributed by atoms with Gasteiger partial charge in [0.2, 0.25) is 6.10 Å². The van der Waals surface area contributed by atoms with Crippen molar-refractivity contribution in [1.29, 1.82) is 0 Å². The zero-order valence-corrected chi connectivity index (χ0v) is 13.4. The molecule has 1 N–H and O–H groups in total. The van der Waals surface area contributed by atoms with Crippen molar-refractivity contribution >= 4 is 31.8 Å². The summed E-state index contributed by atoms with van der Waals surface area (Å²) in [5, 5.41) is 0. The molecular weight excluding hydrogens is 335 g/mol. The number of carbonyl (C=O) groups is 1. The number of rotatable bonds is 6. The van der Waals surface area contributed by atoms with Gasteiger partial charge in [-0.1, -0.05) is 30.3 Å². The van der Waals surface area contributed by atoms with E-state index >= 15 is 0 Å². The summed E-state index contributed by atoms with van der Waals surface area (Å²) in [6.45, 7) is 0. The van der Waals surface area contributed by atoms with Crippen LogP contribution in [-0.4, -0.2) is 52.7 Å². The zero-order valence-electron chi connectivity index (χ0n) is 12.6. The molecule has 0 aliphatic rings. The monoisotopic (exact) mass is 350 g/mol. The summed E-state index contributed by atoms with van der Waals surface area (Å²) in [6.07, 6.45) is -7.08. The van der Waals surface area contributed by atoms with Crippen molar-refractivity contribution in [3.05, 3.63) is 34.9 Å². The lowest BCUT2D eigenvalue weighted by atomic mass is 9.89. The Labute approximate surface area is 133 Å². The van der Waals surface area contributed by atoms with E-state index in [4.69, 9.17) is 4.55 Å². The van der Waals surface area contributed by atoms with Gasteiger partial charge in [-0.05, 0) is 11.6 Å². The standard InChI is InChI=1S/C12H15B2F3O5S/c13-4-7-1-2-8(5-14)9(3-7)11(18)22-10(12(15,16)17)6-23(19,20)21/h1-3,10H,4-6,13-14H2,(H,19,20,21). The first-order valence-corrected chi connectivity index (χ1v) is 8.43. The van der Waals surface area contributed by atoms with E-state index in [9.17, 15) is 26.4 Å². The number of halogens is 3. The second-order valence-corrected chi connectivity index (χ2v) is 6.38. The molecule has 0 saturated heterocycles. The maximum absolute atomic E-state index is 12.8. The van der Waals surface area contributed by atoms with Crippen molar-refractivity contribution in [1.82, 2.24) is 0 Å². The Balaban J connectivity index is 3.12. The molecule has 0 radical (unpaired) electrons. The molecule has 1 unspecified atom stereocenters. The van der Waals surface area contributed by atoms with E-state index in [0.29, 0.717) is 18.2 Å². The van der Waals surface area contributed by atoms with E-state index in [1.54, 1.807) is 20.0 Å². The van der Waals surface area contributed by atoms with Gasteiger partial charge >= 0.3 is 12.1 Å². The Morgan fingerprint density at radius 3 is 2.30 bits per heavy atom. The molecule has 0 aliphatic carbocycles. The van der Waals surface area contributed by atoms with Crippen molar-refractivity contribution in [2.45, 2.75) is 24.9 Å². The number of carbonyl (C=O) groups excluding carboxylic acids is 1. The van der Waals surface area contributed by atoms with Gasteiger partial charge < -0.3 is 4.74 Å². The molecule has 1 rings (SSSR count). The molecule has 0 aromatic heterocycles. The minimum Gasteiger partial charge on any atom is -0.448 e. The van der Waals surface area contributed by atoms with Gasteiger partial charge in [0.05, 0.1) is 5.56 Å². The first-order chi connectivity index (χ1) is 10.5. The van der Waals surface area contributed by atoms with Crippen molar-refractivity contribution in [2.75, 3.05) is 5.75 Å². The molecule has 126 valence electrons. The van der Waals surface area contributed by atoms with Gasteiger partial charge in [0.1, 0.15) is 21.4 Å². The summed E-state index contributed by atoms with van der Waals surface area (Å²) in [5.74, 6) is -3.01. The van der Waals surface area contributed by atoms with Crippen LogP contribution < -0.4 is 0 Å². The molecule has 1 atom stereocenters. The third kappa shape index (κ3) is 5.91. The fraction of sp³-hybridized carbons (Fsp3) is 0.417. The van der Waals surface area contributed by atoms with Crippen molar-refractivity contribution in [3.8, 4) is 0 Å². The van der Waals surface area contributed by atoms with E-state index in [1.807, 2.05) is 7.85 Å². The van der Waals surface area contributed by atoms with Gasteiger partial charge in [-0.15, -0.1) is 0 Å². The molecule has 0 saturated carbocycles. The first-order valence-electron chi connectivity index (χ1n) is 6.82. The number of benzene rings is 1. The molecule has 0 amide bonds. The highest BCUT2D eigenvalue weighted by Gasteiger charge is 2.45. The Morgan fingerprint density at radius 1 is 1.26 bits per heavy atom. The minimum absolute atomic E-state index is 0.0450. The van der Waals surface area contributed by atoms with Gasteiger partial charge in [0.25, 0.3) is 10.1 Å². The minimum atomic E-state index is -5.11. The lowest BCUT2D eigenvalue weighted by molar-refractivity contribution is -0.197. The summed E-state index contributed by atoms with van der Waals surface area (Å²) in [6, 6.07) is 4.78. The first kappa shape index (κ1) is 19.6. The fourth-order valence-electron chi connectivity index (χ4n) is 1.92. The summed E-state index contributed by atoms with van der Waals surface area (Å²) in [5.41, 5.74) is 1.17. The smallest absolute Gasteiger partial charge is 0.426 e. The Bertz CT molecular complexity index is 676. The zero-order chi connectivity index (χ0) is 17.8. The largest absolute Gasteiger partial charge is 0.448 e. The van der Waals surface area contributed by atoms with Crippen molar-refractivity contribution in [3.63, 3.8) is 0 Å². The molecule has 0 aliphatic heterocycles. The lowest BCUT2D eigenvalue weighted by Crippen LogP contribution is -2.39. The van der Waals surface area contributed by atoms with Crippen LogP contribution in [0.1, 0.15) is 21.5 Å². The van der Waals surface area contributed by atoms with Crippen LogP contribution in [0.15, 0.2) is 18.2 Å². The van der Waals surface area contributed by atoms with Crippen molar-refractivity contribution < 1.29 is 35.7 Å². The van der Waals surface area contributed by atoms with Gasteiger partial charge in [0.15, 0.2) is 0 Å². The summed E-state index contributed by atoms with van der Waals surface area (Å²) in [4.78, 5) is 12.0. The van der Waals surface area contributed by atoms with Gasteiger partial charge in [0, 0.05) is 0 Å². The predicted molar refractivity (Wildman–Crippen MR) is 82.6 cm³/mol. The Kier molecular flexibility index (Phi) is 6.29. The highest BCUT2D eigenvalue weighted by atomic mass is 32.2. The molecule has 11 heteroatoms. The number of alkyl halides is 3. The van der Waals surface area contributed by atoms with Crippen LogP contribution in [-0.2, 0) is 27.5 Å². The number of esters is 1. The van der Waals surface area contributed by atoms with E-state index in [2.05, 4.69) is 4.74 Å².